The molecular weight excluding hydrogens is 290 g/mol. The van der Waals surface area contributed by atoms with Gasteiger partial charge in [-0.25, -0.2) is 15.0 Å². The van der Waals surface area contributed by atoms with Crippen molar-refractivity contribution in [3.63, 3.8) is 0 Å². The van der Waals surface area contributed by atoms with E-state index >= 15 is 0 Å². The number of rotatable bonds is 3. The van der Waals surface area contributed by atoms with E-state index < -0.39 is 0 Å². The highest BCUT2D eigenvalue weighted by atomic mass is 16.5. The van der Waals surface area contributed by atoms with E-state index in [1.807, 2.05) is 19.2 Å². The van der Waals surface area contributed by atoms with Crippen LogP contribution in [0.25, 0.3) is 22.3 Å². The highest BCUT2D eigenvalue weighted by molar-refractivity contribution is 5.86. The van der Waals surface area contributed by atoms with Crippen LogP contribution in [0.3, 0.4) is 0 Å². The second kappa shape index (κ2) is 5.96. The van der Waals surface area contributed by atoms with Gasteiger partial charge < -0.3 is 15.0 Å². The molecule has 6 nitrogen and oxygen atoms in total. The fourth-order valence-corrected chi connectivity index (χ4v) is 2.90. The average molecular weight is 309 g/mol. The van der Waals surface area contributed by atoms with E-state index in [2.05, 4.69) is 37.4 Å². The van der Waals surface area contributed by atoms with Gasteiger partial charge >= 0.3 is 0 Å². The van der Waals surface area contributed by atoms with Gasteiger partial charge in [0.1, 0.15) is 12.1 Å². The van der Waals surface area contributed by atoms with Crippen LogP contribution < -0.4 is 5.32 Å². The molecule has 0 radical (unpaired) electrons. The molecule has 0 bridgehead atoms. The first-order valence-corrected chi connectivity index (χ1v) is 7.90. The van der Waals surface area contributed by atoms with Gasteiger partial charge in [0.15, 0.2) is 0 Å². The van der Waals surface area contributed by atoms with Crippen molar-refractivity contribution < 1.29 is 4.74 Å². The van der Waals surface area contributed by atoms with Gasteiger partial charge in [0.25, 0.3) is 0 Å². The Labute approximate surface area is 134 Å². The molecule has 0 unspecified atom stereocenters. The van der Waals surface area contributed by atoms with Crippen molar-refractivity contribution in [1.29, 1.82) is 0 Å². The van der Waals surface area contributed by atoms with Crippen LogP contribution in [-0.4, -0.2) is 39.2 Å². The molecule has 6 heteroatoms. The maximum absolute atomic E-state index is 5.39. The number of H-pyrrole nitrogens is 1. The lowest BCUT2D eigenvalue weighted by molar-refractivity contribution is 0.0904. The van der Waals surface area contributed by atoms with Crippen molar-refractivity contribution in [3.05, 3.63) is 36.4 Å². The molecule has 1 saturated heterocycles. The molecule has 4 rings (SSSR count). The molecule has 0 aliphatic carbocycles. The standard InChI is InChI=1S/C17H19N5O/c1-11-6-15(20-10-19-11)16-7-12-9-18-17(8-14(12)22-16)21-13-2-4-23-5-3-13/h6-10,13,22H,2-5H2,1H3,(H,18,21). The van der Waals surface area contributed by atoms with Gasteiger partial charge in [0.05, 0.1) is 16.9 Å². The van der Waals surface area contributed by atoms with Crippen molar-refractivity contribution in [2.45, 2.75) is 25.8 Å². The summed E-state index contributed by atoms with van der Waals surface area (Å²) in [6.45, 7) is 3.60. The minimum atomic E-state index is 0.438. The first-order chi connectivity index (χ1) is 11.3. The number of pyridine rings is 1. The number of hydrogen-bond donors (Lipinski definition) is 2. The number of hydrogen-bond acceptors (Lipinski definition) is 5. The highest BCUT2D eigenvalue weighted by Crippen LogP contribution is 2.24. The van der Waals surface area contributed by atoms with E-state index in [0.717, 1.165) is 59.9 Å². The third-order valence-corrected chi connectivity index (χ3v) is 4.16. The van der Waals surface area contributed by atoms with Gasteiger partial charge in [0, 0.05) is 42.6 Å². The topological polar surface area (TPSA) is 75.7 Å². The minimum Gasteiger partial charge on any atom is -0.381 e. The van der Waals surface area contributed by atoms with Gasteiger partial charge in [-0.3, -0.25) is 0 Å². The average Bonchev–Trinajstić information content (AvgIpc) is 2.99. The molecule has 1 aliphatic rings. The molecule has 4 heterocycles. The Hall–Kier alpha value is -2.47. The predicted molar refractivity (Wildman–Crippen MR) is 89.3 cm³/mol. The molecule has 3 aromatic rings. The quantitative estimate of drug-likeness (QED) is 0.778. The zero-order valence-corrected chi connectivity index (χ0v) is 13.0. The first-order valence-electron chi connectivity index (χ1n) is 7.90. The predicted octanol–water partition coefficient (Wildman–Crippen LogP) is 2.92. The third kappa shape index (κ3) is 3.03. The zero-order valence-electron chi connectivity index (χ0n) is 13.0. The number of aromatic amines is 1. The van der Waals surface area contributed by atoms with Crippen LogP contribution in [-0.2, 0) is 4.74 Å². The van der Waals surface area contributed by atoms with E-state index in [1.54, 1.807) is 6.33 Å². The van der Waals surface area contributed by atoms with Gasteiger partial charge in [-0.15, -0.1) is 0 Å². The summed E-state index contributed by atoms with van der Waals surface area (Å²) < 4.78 is 5.39. The smallest absolute Gasteiger partial charge is 0.128 e. The van der Waals surface area contributed by atoms with Crippen molar-refractivity contribution in [2.75, 3.05) is 18.5 Å². The third-order valence-electron chi connectivity index (χ3n) is 4.16. The SMILES string of the molecule is Cc1cc(-c2cc3cnc(NC4CCOCC4)cc3[nH]2)ncn1. The molecule has 0 aromatic carbocycles. The highest BCUT2D eigenvalue weighted by Gasteiger charge is 2.14. The lowest BCUT2D eigenvalue weighted by Gasteiger charge is -2.23. The molecule has 2 N–H and O–H groups in total. The molecule has 1 fully saturated rings. The summed E-state index contributed by atoms with van der Waals surface area (Å²) in [7, 11) is 0. The van der Waals surface area contributed by atoms with Crippen molar-refractivity contribution in [3.8, 4) is 11.4 Å². The van der Waals surface area contributed by atoms with Crippen LogP contribution in [0, 0.1) is 6.92 Å². The Morgan fingerprint density at radius 2 is 2.00 bits per heavy atom. The van der Waals surface area contributed by atoms with Gasteiger partial charge in [0.2, 0.25) is 0 Å². The van der Waals surface area contributed by atoms with Gasteiger partial charge in [-0.05, 0) is 31.9 Å². The largest absolute Gasteiger partial charge is 0.381 e. The Morgan fingerprint density at radius 3 is 2.83 bits per heavy atom. The Bertz CT molecular complexity index is 823. The second-order valence-corrected chi connectivity index (χ2v) is 5.92. The minimum absolute atomic E-state index is 0.438. The van der Waals surface area contributed by atoms with Crippen LogP contribution in [0.1, 0.15) is 18.5 Å². The summed E-state index contributed by atoms with van der Waals surface area (Å²) in [5.74, 6) is 0.900. The van der Waals surface area contributed by atoms with Crippen LogP contribution >= 0.6 is 0 Å². The Kier molecular flexibility index (Phi) is 3.67. The zero-order chi connectivity index (χ0) is 15.6. The number of ether oxygens (including phenoxy) is 1. The fourth-order valence-electron chi connectivity index (χ4n) is 2.90. The molecule has 23 heavy (non-hydrogen) atoms. The fraction of sp³-hybridized carbons (Fsp3) is 0.353. The lowest BCUT2D eigenvalue weighted by Crippen LogP contribution is -2.28. The number of anilines is 1. The molecule has 0 saturated carbocycles. The number of nitrogens with zero attached hydrogens (tertiary/aromatic N) is 3. The van der Waals surface area contributed by atoms with Crippen molar-refractivity contribution >= 4 is 16.7 Å². The number of fused-ring (bicyclic) bond motifs is 1. The van der Waals surface area contributed by atoms with E-state index in [1.165, 1.54) is 0 Å². The summed E-state index contributed by atoms with van der Waals surface area (Å²) in [6.07, 6.45) is 5.53. The molecule has 3 aromatic heterocycles. The van der Waals surface area contributed by atoms with Crippen molar-refractivity contribution in [2.24, 2.45) is 0 Å². The molecule has 1 aliphatic heterocycles. The normalized spacial score (nSPS) is 15.9. The summed E-state index contributed by atoms with van der Waals surface area (Å²) in [4.78, 5) is 16.4. The number of nitrogens with one attached hydrogen (secondary N) is 2. The molecule has 0 spiro atoms. The van der Waals surface area contributed by atoms with Gasteiger partial charge in [-0.2, -0.15) is 0 Å². The summed E-state index contributed by atoms with van der Waals surface area (Å²) in [5, 5.41) is 4.57. The maximum Gasteiger partial charge on any atom is 0.128 e. The van der Waals surface area contributed by atoms with Crippen molar-refractivity contribution in [1.82, 2.24) is 19.9 Å². The monoisotopic (exact) mass is 309 g/mol. The summed E-state index contributed by atoms with van der Waals surface area (Å²) in [6, 6.07) is 6.54. The number of aryl methyl sites for hydroxylation is 1. The molecule has 0 atom stereocenters. The first kappa shape index (κ1) is 14.1. The van der Waals surface area contributed by atoms with Crippen LogP contribution in [0.15, 0.2) is 30.7 Å². The van der Waals surface area contributed by atoms with Crippen LogP contribution in [0.5, 0.6) is 0 Å². The van der Waals surface area contributed by atoms with Crippen LogP contribution in [0.4, 0.5) is 5.82 Å². The van der Waals surface area contributed by atoms with E-state index in [-0.39, 0.29) is 0 Å². The lowest BCUT2D eigenvalue weighted by atomic mass is 10.1. The number of aromatic nitrogens is 4. The van der Waals surface area contributed by atoms with E-state index in [0.29, 0.717) is 6.04 Å². The molecule has 0 amide bonds. The summed E-state index contributed by atoms with van der Waals surface area (Å²) >= 11 is 0. The van der Waals surface area contributed by atoms with E-state index in [4.69, 9.17) is 4.74 Å². The van der Waals surface area contributed by atoms with Gasteiger partial charge in [-0.1, -0.05) is 0 Å². The van der Waals surface area contributed by atoms with E-state index in [9.17, 15) is 0 Å². The molecular formula is C17H19N5O. The second-order valence-electron chi connectivity index (χ2n) is 5.92. The van der Waals surface area contributed by atoms with Crippen LogP contribution in [0.2, 0.25) is 0 Å². The summed E-state index contributed by atoms with van der Waals surface area (Å²) in [5.41, 5.74) is 3.89. The molecule has 118 valence electrons. The Balaban J connectivity index is 1.61. The Morgan fingerprint density at radius 1 is 1.13 bits per heavy atom. The maximum atomic E-state index is 5.39.